The molecule has 1 aliphatic heterocycles. The average Bonchev–Trinajstić information content (AvgIpc) is 3.01. The second-order valence-corrected chi connectivity index (χ2v) is 8.74. The minimum atomic E-state index is -3.42. The van der Waals surface area contributed by atoms with Crippen LogP contribution in [-0.4, -0.2) is 27.4 Å². The van der Waals surface area contributed by atoms with E-state index in [0.717, 1.165) is 6.07 Å². The summed E-state index contributed by atoms with van der Waals surface area (Å²) in [6.45, 7) is 6.93. The van der Waals surface area contributed by atoms with Crippen LogP contribution in [0.3, 0.4) is 0 Å². The van der Waals surface area contributed by atoms with Crippen LogP contribution in [0.2, 0.25) is 0 Å². The van der Waals surface area contributed by atoms with Gasteiger partial charge in [0, 0.05) is 12.2 Å². The zero-order valence-corrected chi connectivity index (χ0v) is 15.1. The van der Waals surface area contributed by atoms with Crippen molar-refractivity contribution in [2.24, 2.45) is 4.40 Å². The van der Waals surface area contributed by atoms with E-state index in [0.29, 0.717) is 6.42 Å². The molecule has 0 N–H and O–H groups in total. The molecule has 1 fully saturated rings. The molecule has 1 aromatic rings. The molecule has 0 amide bonds. The fourth-order valence-corrected chi connectivity index (χ4v) is 3.04. The van der Waals surface area contributed by atoms with Crippen LogP contribution in [0.5, 0.6) is 0 Å². The van der Waals surface area contributed by atoms with Crippen LogP contribution in [0.25, 0.3) is 0 Å². The van der Waals surface area contributed by atoms with E-state index < -0.39 is 39.1 Å². The van der Waals surface area contributed by atoms with E-state index in [1.807, 2.05) is 0 Å². The van der Waals surface area contributed by atoms with Crippen molar-refractivity contribution in [2.45, 2.75) is 57.3 Å². The van der Waals surface area contributed by atoms with Crippen molar-refractivity contribution in [2.75, 3.05) is 6.61 Å². The van der Waals surface area contributed by atoms with Crippen LogP contribution in [0.1, 0.15) is 51.7 Å². The Labute approximate surface area is 142 Å². The Morgan fingerprint density at radius 2 is 2.00 bits per heavy atom. The van der Waals surface area contributed by atoms with Gasteiger partial charge in [0.1, 0.15) is 22.9 Å². The van der Waals surface area contributed by atoms with Gasteiger partial charge in [-0.05, 0) is 46.6 Å². The Morgan fingerprint density at radius 1 is 1.33 bits per heavy atom. The number of hydrogen-bond acceptors (Lipinski definition) is 2. The lowest BCUT2D eigenvalue weighted by atomic mass is 9.97. The second-order valence-electron chi connectivity index (χ2n) is 6.83. The van der Waals surface area contributed by atoms with Crippen molar-refractivity contribution < 1.29 is 22.1 Å². The monoisotopic (exact) mass is 361 g/mol. The lowest BCUT2D eigenvalue weighted by Gasteiger charge is -2.24. The maximum atomic E-state index is 14.7. The number of benzene rings is 1. The first-order valence-electron chi connectivity index (χ1n) is 7.81. The summed E-state index contributed by atoms with van der Waals surface area (Å²) < 4.78 is 64.3. The zero-order valence-electron chi connectivity index (χ0n) is 14.2. The van der Waals surface area contributed by atoms with Gasteiger partial charge < -0.3 is 4.74 Å². The van der Waals surface area contributed by atoms with E-state index in [9.17, 15) is 17.4 Å². The number of alkyl halides is 2. The van der Waals surface area contributed by atoms with Crippen molar-refractivity contribution in [3.8, 4) is 0 Å². The molecule has 0 bridgehead atoms. The largest absolute Gasteiger partial charge is 0.372 e. The number of rotatable bonds is 4. The number of hydrogen-bond donors (Lipinski definition) is 0. The van der Waals surface area contributed by atoms with Crippen LogP contribution in [0.15, 0.2) is 22.6 Å². The molecule has 0 saturated carbocycles. The number of ether oxygens (including phenoxy) is 1. The zero-order chi connectivity index (χ0) is 18.1. The predicted molar refractivity (Wildman–Crippen MR) is 89.4 cm³/mol. The van der Waals surface area contributed by atoms with Crippen LogP contribution in [0.4, 0.5) is 13.2 Å². The first-order chi connectivity index (χ1) is 11.0. The fraction of sp³-hybridized carbons (Fsp3) is 0.588. The van der Waals surface area contributed by atoms with Gasteiger partial charge in [0.25, 0.3) is 0 Å². The first kappa shape index (κ1) is 19.1. The molecule has 1 heterocycles. The molecule has 1 aromatic carbocycles. The highest BCUT2D eigenvalue weighted by molar-refractivity contribution is 7.85. The fourth-order valence-electron chi connectivity index (χ4n) is 2.42. The molecule has 24 heavy (non-hydrogen) atoms. The van der Waals surface area contributed by atoms with E-state index in [1.165, 1.54) is 19.1 Å². The molecule has 2 atom stereocenters. The third kappa shape index (κ3) is 3.88. The average molecular weight is 361 g/mol. The second kappa shape index (κ2) is 6.96. The van der Waals surface area contributed by atoms with Crippen molar-refractivity contribution in [1.82, 2.24) is 0 Å². The Bertz CT molecular complexity index is 662. The van der Waals surface area contributed by atoms with E-state index in [2.05, 4.69) is 4.40 Å². The van der Waals surface area contributed by atoms with Gasteiger partial charge >= 0.3 is 5.92 Å². The van der Waals surface area contributed by atoms with Crippen molar-refractivity contribution in [1.29, 1.82) is 0 Å². The smallest absolute Gasteiger partial charge is 0.301 e. The summed E-state index contributed by atoms with van der Waals surface area (Å²) in [7, 11) is -1.60. The van der Waals surface area contributed by atoms with E-state index in [1.54, 1.807) is 20.8 Å². The molecular weight excluding hydrogens is 339 g/mol. The summed E-state index contributed by atoms with van der Waals surface area (Å²) in [5.41, 5.74) is -0.642. The summed E-state index contributed by atoms with van der Waals surface area (Å²) in [6.07, 6.45) is -0.590. The van der Waals surface area contributed by atoms with Gasteiger partial charge in [0.15, 0.2) is 0 Å². The molecular formula is C17H22F3NO2S. The molecule has 7 heteroatoms. The van der Waals surface area contributed by atoms with Gasteiger partial charge in [0.05, 0.1) is 16.0 Å². The summed E-state index contributed by atoms with van der Waals surface area (Å²) >= 11 is 0. The summed E-state index contributed by atoms with van der Waals surface area (Å²) in [4.78, 5) is 0. The number of nitrogens with zero attached hydrogens (tertiary/aromatic N) is 1. The van der Waals surface area contributed by atoms with Crippen LogP contribution < -0.4 is 0 Å². The first-order valence-corrected chi connectivity index (χ1v) is 8.92. The summed E-state index contributed by atoms with van der Waals surface area (Å²) in [6, 6.07) is 3.78. The summed E-state index contributed by atoms with van der Waals surface area (Å²) in [5, 5.41) is 0. The predicted octanol–water partition coefficient (Wildman–Crippen LogP) is 4.37. The molecule has 2 rings (SSSR count). The maximum Gasteiger partial charge on any atom is 0.301 e. The maximum absolute atomic E-state index is 14.7. The molecule has 0 radical (unpaired) electrons. The summed E-state index contributed by atoms with van der Waals surface area (Å²) in [5.74, 6) is -4.45. The molecule has 134 valence electrons. The highest BCUT2D eigenvalue weighted by Crippen LogP contribution is 2.40. The molecule has 0 spiro atoms. The highest BCUT2D eigenvalue weighted by Gasteiger charge is 2.46. The SMILES string of the molecule is CC(=N[S@](=O)C(C)(C)C)c1cccc(C(F)(F)[C@H]2CCCO2)c1F. The van der Waals surface area contributed by atoms with Crippen LogP contribution >= 0.6 is 0 Å². The van der Waals surface area contributed by atoms with Gasteiger partial charge in [-0.2, -0.15) is 13.2 Å². The van der Waals surface area contributed by atoms with Gasteiger partial charge in [-0.25, -0.2) is 8.60 Å². The Kier molecular flexibility index (Phi) is 5.54. The quantitative estimate of drug-likeness (QED) is 0.747. The molecule has 1 aliphatic rings. The Morgan fingerprint density at radius 3 is 2.54 bits per heavy atom. The lowest BCUT2D eigenvalue weighted by molar-refractivity contribution is -0.124. The lowest BCUT2D eigenvalue weighted by Crippen LogP contribution is -2.31. The molecule has 0 aliphatic carbocycles. The van der Waals surface area contributed by atoms with Crippen molar-refractivity contribution in [3.63, 3.8) is 0 Å². The highest BCUT2D eigenvalue weighted by atomic mass is 32.2. The normalized spacial score (nSPS) is 21.1. The minimum absolute atomic E-state index is 0.0669. The van der Waals surface area contributed by atoms with Gasteiger partial charge in [-0.15, -0.1) is 0 Å². The molecule has 3 nitrogen and oxygen atoms in total. The third-order valence-electron chi connectivity index (χ3n) is 3.83. The van der Waals surface area contributed by atoms with E-state index >= 15 is 0 Å². The van der Waals surface area contributed by atoms with Gasteiger partial charge in [0.2, 0.25) is 0 Å². The Balaban J connectivity index is 2.41. The van der Waals surface area contributed by atoms with Gasteiger partial charge in [-0.3, -0.25) is 0 Å². The number of halogens is 3. The van der Waals surface area contributed by atoms with Crippen LogP contribution in [0, 0.1) is 5.82 Å². The van der Waals surface area contributed by atoms with Crippen molar-refractivity contribution >= 4 is 16.7 Å². The molecule has 1 saturated heterocycles. The van der Waals surface area contributed by atoms with E-state index in [4.69, 9.17) is 4.74 Å². The van der Waals surface area contributed by atoms with Crippen molar-refractivity contribution in [3.05, 3.63) is 35.1 Å². The standard InChI is InChI=1S/C17H22F3NO2S/c1-11(21-24(22)16(2,3)4)12-7-5-8-13(15(12)18)17(19,20)14-9-6-10-23-14/h5,7-8,14H,6,9-10H2,1-4H3/t14-,24-/m1/s1. The molecule has 0 unspecified atom stereocenters. The Hall–Kier alpha value is -1.21. The minimum Gasteiger partial charge on any atom is -0.372 e. The van der Waals surface area contributed by atoms with Crippen LogP contribution in [-0.2, 0) is 21.6 Å². The van der Waals surface area contributed by atoms with Gasteiger partial charge in [-0.1, -0.05) is 12.1 Å². The topological polar surface area (TPSA) is 38.7 Å². The van der Waals surface area contributed by atoms with E-state index in [-0.39, 0.29) is 24.3 Å². The third-order valence-corrected chi connectivity index (χ3v) is 5.31. The molecule has 0 aromatic heterocycles.